The molecule has 0 saturated carbocycles. The number of nitrogens with one attached hydrogen (secondary N) is 2. The minimum atomic E-state index is -0.533. The summed E-state index contributed by atoms with van der Waals surface area (Å²) in [5, 5.41) is 17.0. The van der Waals surface area contributed by atoms with Crippen molar-refractivity contribution in [3.63, 3.8) is 0 Å². The minimum Gasteiger partial charge on any atom is -0.411 e. The van der Waals surface area contributed by atoms with Crippen molar-refractivity contribution in [2.75, 3.05) is 18.5 Å². The first-order valence-electron chi connectivity index (χ1n) is 6.68. The molecular weight excluding hydrogens is 272 g/mol. The van der Waals surface area contributed by atoms with Crippen molar-refractivity contribution in [3.8, 4) is 0 Å². The Labute approximate surface area is 122 Å². The molecule has 2 rings (SSSR count). The Morgan fingerprint density at radius 3 is 2.76 bits per heavy atom. The standard InChI is InChI=1S/C14H18N4O3/c1-9(13(19)16-14(20)15-2)18-8-7-11(17-21)10-5-3-4-6-12(10)18/h3-6,9,21H,7-8H2,1-2H3,(H2,15,16,19,20). The maximum Gasteiger partial charge on any atom is 0.321 e. The number of anilines is 1. The molecule has 21 heavy (non-hydrogen) atoms. The lowest BCUT2D eigenvalue weighted by atomic mass is 9.98. The number of benzene rings is 1. The van der Waals surface area contributed by atoms with Gasteiger partial charge in [0.2, 0.25) is 5.91 Å². The van der Waals surface area contributed by atoms with Crippen molar-refractivity contribution in [2.45, 2.75) is 19.4 Å². The average Bonchev–Trinajstić information content (AvgIpc) is 2.52. The fourth-order valence-corrected chi connectivity index (χ4v) is 2.38. The molecule has 0 aliphatic carbocycles. The van der Waals surface area contributed by atoms with Crippen LogP contribution in [0.5, 0.6) is 0 Å². The summed E-state index contributed by atoms with van der Waals surface area (Å²) >= 11 is 0. The van der Waals surface area contributed by atoms with E-state index in [4.69, 9.17) is 5.21 Å². The van der Waals surface area contributed by atoms with Gasteiger partial charge in [-0.05, 0) is 13.0 Å². The Hall–Kier alpha value is -2.57. The van der Waals surface area contributed by atoms with Gasteiger partial charge in [-0.15, -0.1) is 0 Å². The van der Waals surface area contributed by atoms with Crippen LogP contribution < -0.4 is 15.5 Å². The van der Waals surface area contributed by atoms with E-state index in [1.807, 2.05) is 29.2 Å². The predicted molar refractivity (Wildman–Crippen MR) is 78.8 cm³/mol. The molecule has 1 aromatic carbocycles. The van der Waals surface area contributed by atoms with Crippen molar-refractivity contribution in [1.29, 1.82) is 0 Å². The van der Waals surface area contributed by atoms with Gasteiger partial charge in [-0.2, -0.15) is 0 Å². The highest BCUT2D eigenvalue weighted by molar-refractivity contribution is 6.08. The molecule has 0 bridgehead atoms. The summed E-state index contributed by atoms with van der Waals surface area (Å²) in [6, 6.07) is 6.38. The largest absolute Gasteiger partial charge is 0.411 e. The number of hydrogen-bond donors (Lipinski definition) is 3. The van der Waals surface area contributed by atoms with Gasteiger partial charge in [0.05, 0.1) is 5.71 Å². The number of para-hydroxylation sites is 1. The number of carbonyl (C=O) groups is 2. The second kappa shape index (κ2) is 6.25. The zero-order valence-corrected chi connectivity index (χ0v) is 12.0. The second-order valence-electron chi connectivity index (χ2n) is 4.75. The molecule has 0 fully saturated rings. The molecule has 1 aromatic rings. The topological polar surface area (TPSA) is 94.0 Å². The van der Waals surface area contributed by atoms with E-state index in [0.29, 0.717) is 18.7 Å². The van der Waals surface area contributed by atoms with Crippen LogP contribution in [0, 0.1) is 0 Å². The first kappa shape index (κ1) is 14.8. The molecule has 1 unspecified atom stereocenters. The number of rotatable bonds is 2. The number of urea groups is 1. The molecular formula is C14H18N4O3. The van der Waals surface area contributed by atoms with Crippen LogP contribution in [0.25, 0.3) is 0 Å². The third kappa shape index (κ3) is 2.96. The van der Waals surface area contributed by atoms with Gasteiger partial charge in [-0.25, -0.2) is 4.79 Å². The van der Waals surface area contributed by atoms with Gasteiger partial charge in [0.1, 0.15) is 6.04 Å². The van der Waals surface area contributed by atoms with Gasteiger partial charge in [0.15, 0.2) is 0 Å². The second-order valence-corrected chi connectivity index (χ2v) is 4.75. The van der Waals surface area contributed by atoms with Gasteiger partial charge in [-0.3, -0.25) is 10.1 Å². The average molecular weight is 290 g/mol. The van der Waals surface area contributed by atoms with Crippen molar-refractivity contribution >= 4 is 23.3 Å². The third-order valence-corrected chi connectivity index (χ3v) is 3.55. The summed E-state index contributed by atoms with van der Waals surface area (Å²) in [4.78, 5) is 25.2. The molecule has 1 aliphatic rings. The maximum atomic E-state index is 12.1. The zero-order valence-electron chi connectivity index (χ0n) is 12.0. The van der Waals surface area contributed by atoms with E-state index in [0.717, 1.165) is 11.3 Å². The molecule has 0 radical (unpaired) electrons. The predicted octanol–water partition coefficient (Wildman–Crippen LogP) is 0.919. The van der Waals surface area contributed by atoms with E-state index in [-0.39, 0.29) is 5.91 Å². The van der Waals surface area contributed by atoms with Crippen LogP contribution >= 0.6 is 0 Å². The summed E-state index contributed by atoms with van der Waals surface area (Å²) < 4.78 is 0. The van der Waals surface area contributed by atoms with Crippen molar-refractivity contribution in [2.24, 2.45) is 5.16 Å². The van der Waals surface area contributed by atoms with Crippen molar-refractivity contribution < 1.29 is 14.8 Å². The van der Waals surface area contributed by atoms with E-state index in [1.54, 1.807) is 6.92 Å². The van der Waals surface area contributed by atoms with Crippen molar-refractivity contribution in [1.82, 2.24) is 10.6 Å². The first-order chi connectivity index (χ1) is 10.1. The molecule has 7 nitrogen and oxygen atoms in total. The number of amides is 3. The number of nitrogens with zero attached hydrogens (tertiary/aromatic N) is 2. The van der Waals surface area contributed by atoms with E-state index in [9.17, 15) is 9.59 Å². The molecule has 3 amide bonds. The lowest BCUT2D eigenvalue weighted by Crippen LogP contribution is -2.51. The van der Waals surface area contributed by atoms with Gasteiger partial charge < -0.3 is 15.4 Å². The summed E-state index contributed by atoms with van der Waals surface area (Å²) in [6.45, 7) is 2.27. The Morgan fingerprint density at radius 2 is 2.10 bits per heavy atom. The number of imide groups is 1. The molecule has 1 aliphatic heterocycles. The Morgan fingerprint density at radius 1 is 1.38 bits per heavy atom. The highest BCUT2D eigenvalue weighted by atomic mass is 16.4. The van der Waals surface area contributed by atoms with Crippen LogP contribution in [0.3, 0.4) is 0 Å². The van der Waals surface area contributed by atoms with Crippen LogP contribution in [0.1, 0.15) is 18.9 Å². The van der Waals surface area contributed by atoms with Crippen molar-refractivity contribution in [3.05, 3.63) is 29.8 Å². The van der Waals surface area contributed by atoms with Crippen LogP contribution in [0.15, 0.2) is 29.4 Å². The third-order valence-electron chi connectivity index (χ3n) is 3.55. The molecule has 1 atom stereocenters. The van der Waals surface area contributed by atoms with E-state index < -0.39 is 12.1 Å². The van der Waals surface area contributed by atoms with Gasteiger partial charge in [0, 0.05) is 31.3 Å². The summed E-state index contributed by atoms with van der Waals surface area (Å²) in [7, 11) is 1.45. The number of oxime groups is 1. The van der Waals surface area contributed by atoms with Crippen LogP contribution in [0.2, 0.25) is 0 Å². The van der Waals surface area contributed by atoms with Gasteiger partial charge in [-0.1, -0.05) is 23.4 Å². The summed E-state index contributed by atoms with van der Waals surface area (Å²) in [5.74, 6) is -0.381. The number of hydrogen-bond acceptors (Lipinski definition) is 5. The lowest BCUT2D eigenvalue weighted by Gasteiger charge is -2.35. The SMILES string of the molecule is CNC(=O)NC(=O)C(C)N1CCC(=NO)c2ccccc21. The quantitative estimate of drug-likeness (QED) is 0.557. The fraction of sp³-hybridized carbons (Fsp3) is 0.357. The zero-order chi connectivity index (χ0) is 15.4. The smallest absolute Gasteiger partial charge is 0.321 e. The van der Waals surface area contributed by atoms with Gasteiger partial charge in [0.25, 0.3) is 0 Å². The first-order valence-corrected chi connectivity index (χ1v) is 6.68. The number of carbonyl (C=O) groups excluding carboxylic acids is 2. The van der Waals surface area contributed by atoms with Crippen LogP contribution in [-0.4, -0.2) is 42.5 Å². The Bertz CT molecular complexity index is 585. The molecule has 112 valence electrons. The van der Waals surface area contributed by atoms with E-state index >= 15 is 0 Å². The molecule has 0 spiro atoms. The lowest BCUT2D eigenvalue weighted by molar-refractivity contribution is -0.121. The molecule has 3 N–H and O–H groups in total. The van der Waals surface area contributed by atoms with E-state index in [1.165, 1.54) is 7.05 Å². The van der Waals surface area contributed by atoms with Crippen LogP contribution in [-0.2, 0) is 4.79 Å². The molecule has 7 heteroatoms. The highest BCUT2D eigenvalue weighted by Gasteiger charge is 2.29. The molecule has 0 aromatic heterocycles. The monoisotopic (exact) mass is 290 g/mol. The van der Waals surface area contributed by atoms with Crippen LogP contribution in [0.4, 0.5) is 10.5 Å². The molecule has 0 saturated heterocycles. The van der Waals surface area contributed by atoms with E-state index in [2.05, 4.69) is 15.8 Å². The minimum absolute atomic E-state index is 0.381. The fourth-order valence-electron chi connectivity index (χ4n) is 2.38. The van der Waals surface area contributed by atoms with Gasteiger partial charge >= 0.3 is 6.03 Å². The number of fused-ring (bicyclic) bond motifs is 1. The maximum absolute atomic E-state index is 12.1. The normalized spacial score (nSPS) is 17.0. The molecule has 1 heterocycles. The summed E-state index contributed by atoms with van der Waals surface area (Å²) in [6.07, 6.45) is 0.533. The summed E-state index contributed by atoms with van der Waals surface area (Å²) in [5.41, 5.74) is 2.21. The Balaban J connectivity index is 2.25. The Kier molecular flexibility index (Phi) is 4.42. The highest BCUT2D eigenvalue weighted by Crippen LogP contribution is 2.28.